The minimum atomic E-state index is 1.12. The summed E-state index contributed by atoms with van der Waals surface area (Å²) in [6, 6.07) is 0. The highest BCUT2D eigenvalue weighted by atomic mass is 13.9. The molecule has 0 rings (SSSR count). The van der Waals surface area contributed by atoms with Crippen molar-refractivity contribution >= 4 is 0 Å². The molecule has 0 spiro atoms. The molecule has 0 N–H and O–H groups in total. The second kappa shape index (κ2) is 6.34. The van der Waals surface area contributed by atoms with E-state index < -0.39 is 0 Å². The summed E-state index contributed by atoms with van der Waals surface area (Å²) in [4.78, 5) is 0. The van der Waals surface area contributed by atoms with Gasteiger partial charge >= 0.3 is 0 Å². The number of allylic oxidation sites excluding steroid dienone is 6. The van der Waals surface area contributed by atoms with E-state index in [9.17, 15) is 0 Å². The predicted octanol–water partition coefficient (Wildman–Crippen LogP) is 3.48. The lowest BCUT2D eigenvalue weighted by atomic mass is 10.2. The molecule has 56 valence electrons. The third-order valence-corrected chi connectivity index (χ3v) is 1.39. The molecule has 10 heavy (non-hydrogen) atoms. The Hall–Kier alpha value is -0.780. The van der Waals surface area contributed by atoms with Gasteiger partial charge in [-0.1, -0.05) is 42.9 Å². The Morgan fingerprint density at radius 2 is 1.90 bits per heavy atom. The van der Waals surface area contributed by atoms with Crippen LogP contribution in [0.5, 0.6) is 0 Å². The summed E-state index contributed by atoms with van der Waals surface area (Å²) < 4.78 is 0. The van der Waals surface area contributed by atoms with E-state index in [2.05, 4.69) is 32.1 Å². The van der Waals surface area contributed by atoms with Gasteiger partial charge < -0.3 is 0 Å². The van der Waals surface area contributed by atoms with Gasteiger partial charge in [-0.25, -0.2) is 0 Å². The quantitative estimate of drug-likeness (QED) is 0.521. The fourth-order valence-electron chi connectivity index (χ4n) is 0.708. The molecule has 0 aromatic heterocycles. The van der Waals surface area contributed by atoms with Crippen LogP contribution in [0.15, 0.2) is 36.0 Å². The second-order valence-electron chi connectivity index (χ2n) is 2.10. The van der Waals surface area contributed by atoms with E-state index in [0.717, 1.165) is 6.42 Å². The van der Waals surface area contributed by atoms with Gasteiger partial charge in [-0.3, -0.25) is 0 Å². The molecule has 0 amide bonds. The van der Waals surface area contributed by atoms with Gasteiger partial charge in [0.15, 0.2) is 0 Å². The van der Waals surface area contributed by atoms with Crippen LogP contribution in [0.2, 0.25) is 0 Å². The van der Waals surface area contributed by atoms with Gasteiger partial charge in [0.2, 0.25) is 0 Å². The third-order valence-electron chi connectivity index (χ3n) is 1.39. The van der Waals surface area contributed by atoms with Crippen LogP contribution >= 0.6 is 0 Å². The van der Waals surface area contributed by atoms with E-state index in [0.29, 0.717) is 0 Å². The first-order valence-corrected chi connectivity index (χ1v) is 3.79. The molecule has 0 bridgehead atoms. The maximum absolute atomic E-state index is 2.16. The Morgan fingerprint density at radius 3 is 2.30 bits per heavy atom. The third kappa shape index (κ3) is 4.13. The maximum atomic E-state index is 2.16. The maximum Gasteiger partial charge on any atom is -0.0311 e. The van der Waals surface area contributed by atoms with Gasteiger partial charge in [-0.15, -0.1) is 0 Å². The lowest BCUT2D eigenvalue weighted by Gasteiger charge is -1.90. The van der Waals surface area contributed by atoms with Crippen molar-refractivity contribution in [3.63, 3.8) is 0 Å². The Morgan fingerprint density at radius 1 is 1.20 bits per heavy atom. The van der Waals surface area contributed by atoms with Crippen molar-refractivity contribution in [2.24, 2.45) is 0 Å². The molecular formula is C10H16. The zero-order valence-electron chi connectivity index (χ0n) is 7.09. The topological polar surface area (TPSA) is 0 Å². The summed E-state index contributed by atoms with van der Waals surface area (Å²) >= 11 is 0. The van der Waals surface area contributed by atoms with E-state index in [-0.39, 0.29) is 0 Å². The van der Waals surface area contributed by atoms with Crippen LogP contribution in [0.4, 0.5) is 0 Å². The Bertz CT molecular complexity index is 147. The monoisotopic (exact) mass is 136 g/mol. The first-order valence-electron chi connectivity index (χ1n) is 3.79. The average Bonchev–Trinajstić information content (AvgIpc) is 1.99. The van der Waals surface area contributed by atoms with Crippen LogP contribution in [0.1, 0.15) is 27.2 Å². The van der Waals surface area contributed by atoms with Crippen LogP contribution in [0.25, 0.3) is 0 Å². The molecule has 0 radical (unpaired) electrons. The van der Waals surface area contributed by atoms with Crippen LogP contribution in [-0.4, -0.2) is 0 Å². The van der Waals surface area contributed by atoms with Gasteiger partial charge in [0.1, 0.15) is 0 Å². The summed E-state index contributed by atoms with van der Waals surface area (Å²) in [5, 5.41) is 0. The fraction of sp³-hybridized carbons (Fsp3) is 0.400. The molecule has 0 heteroatoms. The highest BCUT2D eigenvalue weighted by Gasteiger charge is 1.80. The van der Waals surface area contributed by atoms with Crippen LogP contribution < -0.4 is 0 Å². The fourth-order valence-corrected chi connectivity index (χ4v) is 0.708. The Labute approximate surface area is 64.0 Å². The van der Waals surface area contributed by atoms with Crippen molar-refractivity contribution in [3.8, 4) is 0 Å². The van der Waals surface area contributed by atoms with Crippen molar-refractivity contribution in [2.45, 2.75) is 27.2 Å². The molecule has 0 unspecified atom stereocenters. The van der Waals surface area contributed by atoms with E-state index >= 15 is 0 Å². The van der Waals surface area contributed by atoms with E-state index in [4.69, 9.17) is 0 Å². The van der Waals surface area contributed by atoms with Crippen LogP contribution in [0, 0.1) is 0 Å². The molecule has 0 nitrogen and oxygen atoms in total. The molecule has 0 aliphatic heterocycles. The largest absolute Gasteiger partial charge is 0.0877 e. The molecule has 0 aliphatic rings. The van der Waals surface area contributed by atoms with Gasteiger partial charge in [0, 0.05) is 0 Å². The summed E-state index contributed by atoms with van der Waals surface area (Å²) in [7, 11) is 0. The van der Waals surface area contributed by atoms with Crippen molar-refractivity contribution in [2.75, 3.05) is 0 Å². The Balaban J connectivity index is 3.85. The molecule has 0 saturated carbocycles. The Kier molecular flexibility index (Phi) is 5.85. The average molecular weight is 136 g/mol. The number of hydrogen-bond acceptors (Lipinski definition) is 0. The van der Waals surface area contributed by atoms with Crippen molar-refractivity contribution in [1.82, 2.24) is 0 Å². The van der Waals surface area contributed by atoms with Crippen LogP contribution in [-0.2, 0) is 0 Å². The van der Waals surface area contributed by atoms with Crippen molar-refractivity contribution in [1.29, 1.82) is 0 Å². The standard InChI is InChI=1S/C10H16/c1-4-7-8-9-10(5-2)6-3/h4-5,7-9H,6H2,1-3H3/b7-4+,9-8-,10-5-. The summed E-state index contributed by atoms with van der Waals surface area (Å²) in [5.74, 6) is 0. The summed E-state index contributed by atoms with van der Waals surface area (Å²) in [5.41, 5.74) is 1.39. The lowest BCUT2D eigenvalue weighted by molar-refractivity contribution is 1.14. The lowest BCUT2D eigenvalue weighted by Crippen LogP contribution is -1.70. The molecular weight excluding hydrogens is 120 g/mol. The zero-order valence-corrected chi connectivity index (χ0v) is 7.09. The molecule has 0 aromatic carbocycles. The summed E-state index contributed by atoms with van der Waals surface area (Å²) in [6.07, 6.45) is 11.5. The highest BCUT2D eigenvalue weighted by molar-refractivity contribution is 5.20. The number of hydrogen-bond donors (Lipinski definition) is 0. The second-order valence-corrected chi connectivity index (χ2v) is 2.10. The van der Waals surface area contributed by atoms with E-state index in [1.165, 1.54) is 5.57 Å². The smallest absolute Gasteiger partial charge is 0.0311 e. The predicted molar refractivity (Wildman–Crippen MR) is 48.0 cm³/mol. The molecule has 0 aliphatic carbocycles. The number of rotatable bonds is 3. The zero-order chi connectivity index (χ0) is 7.82. The van der Waals surface area contributed by atoms with Crippen LogP contribution in [0.3, 0.4) is 0 Å². The van der Waals surface area contributed by atoms with E-state index in [1.54, 1.807) is 0 Å². The minimum absolute atomic E-state index is 1.12. The highest BCUT2D eigenvalue weighted by Crippen LogP contribution is 2.01. The van der Waals surface area contributed by atoms with Gasteiger partial charge in [0.05, 0.1) is 0 Å². The first-order chi connectivity index (χ1) is 4.85. The molecule has 0 saturated heterocycles. The van der Waals surface area contributed by atoms with Crippen molar-refractivity contribution in [3.05, 3.63) is 36.0 Å². The van der Waals surface area contributed by atoms with Gasteiger partial charge in [-0.05, 0) is 20.3 Å². The SMILES string of the molecule is C\C=C(/C=C\C=C\C)CC. The minimum Gasteiger partial charge on any atom is -0.0877 e. The molecule has 0 atom stereocenters. The first kappa shape index (κ1) is 9.22. The van der Waals surface area contributed by atoms with E-state index in [1.807, 2.05) is 19.1 Å². The molecule has 0 aromatic rings. The van der Waals surface area contributed by atoms with Gasteiger partial charge in [0.25, 0.3) is 0 Å². The van der Waals surface area contributed by atoms with Crippen molar-refractivity contribution < 1.29 is 0 Å². The molecule has 0 heterocycles. The molecule has 0 fully saturated rings. The van der Waals surface area contributed by atoms with Gasteiger partial charge in [-0.2, -0.15) is 0 Å². The normalized spacial score (nSPS) is 13.7. The summed E-state index contributed by atoms with van der Waals surface area (Å²) in [6.45, 7) is 6.25.